The van der Waals surface area contributed by atoms with E-state index in [9.17, 15) is 0 Å². The lowest BCUT2D eigenvalue weighted by Gasteiger charge is -1.99. The van der Waals surface area contributed by atoms with Crippen molar-refractivity contribution in [2.45, 2.75) is 19.3 Å². The van der Waals surface area contributed by atoms with E-state index in [1.807, 2.05) is 17.1 Å². The summed E-state index contributed by atoms with van der Waals surface area (Å²) in [4.78, 5) is 12.0. The number of nitrogens with zero attached hydrogens (tertiary/aromatic N) is 2. The van der Waals surface area contributed by atoms with Gasteiger partial charge in [0.1, 0.15) is 5.69 Å². The van der Waals surface area contributed by atoms with Gasteiger partial charge in [0.25, 0.3) is 0 Å². The van der Waals surface area contributed by atoms with Gasteiger partial charge in [-0.25, -0.2) is 9.97 Å². The number of imidazole rings is 1. The fraction of sp³-hybridized carbons (Fsp3) is 0.200. The van der Waals surface area contributed by atoms with Crippen molar-refractivity contribution in [3.05, 3.63) is 58.7 Å². The van der Waals surface area contributed by atoms with Crippen LogP contribution in [0.25, 0.3) is 11.5 Å². The number of aromatic nitrogens is 3. The van der Waals surface area contributed by atoms with E-state index in [2.05, 4.69) is 45.3 Å². The van der Waals surface area contributed by atoms with Gasteiger partial charge >= 0.3 is 0 Å². The van der Waals surface area contributed by atoms with Crippen LogP contribution in [0.3, 0.4) is 0 Å². The van der Waals surface area contributed by atoms with Crippen molar-refractivity contribution in [3.8, 4) is 11.5 Å². The Morgan fingerprint density at radius 1 is 1.05 bits per heavy atom. The first kappa shape index (κ1) is 12.1. The molecule has 0 aliphatic rings. The van der Waals surface area contributed by atoms with Crippen LogP contribution in [-0.2, 0) is 12.8 Å². The minimum absolute atomic E-state index is 0.871. The maximum Gasteiger partial charge on any atom is 0.157 e. The summed E-state index contributed by atoms with van der Waals surface area (Å²) in [5.41, 5.74) is 5.33. The second-order valence-electron chi connectivity index (χ2n) is 4.47. The van der Waals surface area contributed by atoms with E-state index < -0.39 is 0 Å². The third-order valence-electron chi connectivity index (χ3n) is 3.06. The third-order valence-corrected chi connectivity index (χ3v) is 3.64. The molecule has 3 aromatic rings. The van der Waals surface area contributed by atoms with Crippen LogP contribution in [0.2, 0.25) is 0 Å². The normalized spacial score (nSPS) is 10.7. The molecule has 2 heterocycles. The monoisotopic (exact) mass is 269 g/mol. The van der Waals surface area contributed by atoms with Gasteiger partial charge in [0.2, 0.25) is 0 Å². The lowest BCUT2D eigenvalue weighted by Crippen LogP contribution is -1.90. The molecule has 2 aromatic heterocycles. The van der Waals surface area contributed by atoms with Crippen molar-refractivity contribution >= 4 is 11.3 Å². The first-order valence-corrected chi connectivity index (χ1v) is 7.32. The van der Waals surface area contributed by atoms with E-state index in [4.69, 9.17) is 0 Å². The van der Waals surface area contributed by atoms with Crippen molar-refractivity contribution in [2.24, 2.45) is 0 Å². The maximum atomic E-state index is 4.37. The Bertz CT molecular complexity index is 614. The van der Waals surface area contributed by atoms with Crippen LogP contribution in [0.5, 0.6) is 0 Å². The number of aromatic amines is 1. The molecule has 0 spiro atoms. The summed E-state index contributed by atoms with van der Waals surface area (Å²) in [5, 5.41) is 2.01. The molecule has 0 fully saturated rings. The highest BCUT2D eigenvalue weighted by molar-refractivity contribution is 7.07. The fourth-order valence-corrected chi connectivity index (χ4v) is 2.61. The predicted octanol–water partition coefficient (Wildman–Crippen LogP) is 3.71. The maximum absolute atomic E-state index is 4.37. The zero-order valence-electron chi connectivity index (χ0n) is 10.5. The molecule has 1 N–H and O–H groups in total. The lowest BCUT2D eigenvalue weighted by atomic mass is 10.1. The van der Waals surface area contributed by atoms with Gasteiger partial charge in [0.15, 0.2) is 5.82 Å². The molecule has 1 aromatic carbocycles. The zero-order valence-corrected chi connectivity index (χ0v) is 11.4. The first-order chi connectivity index (χ1) is 9.42. The molecule has 0 bridgehead atoms. The van der Waals surface area contributed by atoms with E-state index in [1.165, 1.54) is 11.3 Å². The highest BCUT2D eigenvalue weighted by Crippen LogP contribution is 2.16. The standard InChI is InChI=1S/C15H15N3S/c1-2-5-12(6-3-1)7-4-8-13-9-16-15(18-13)14-10-19-11-17-14/h1-3,5-6,9-11H,4,7-8H2,(H,16,18). The minimum Gasteiger partial charge on any atom is -0.341 e. The van der Waals surface area contributed by atoms with Gasteiger partial charge in [-0.15, -0.1) is 11.3 Å². The molecule has 3 rings (SSSR count). The smallest absolute Gasteiger partial charge is 0.157 e. The minimum atomic E-state index is 0.871. The number of thiazole rings is 1. The molecular formula is C15H15N3S. The fourth-order valence-electron chi connectivity index (χ4n) is 2.07. The summed E-state index contributed by atoms with van der Waals surface area (Å²) >= 11 is 1.59. The summed E-state index contributed by atoms with van der Waals surface area (Å²) in [7, 11) is 0. The number of hydrogen-bond acceptors (Lipinski definition) is 3. The molecule has 0 saturated heterocycles. The molecule has 0 aliphatic heterocycles. The number of aryl methyl sites for hydroxylation is 2. The average Bonchev–Trinajstić information content (AvgIpc) is 3.10. The topological polar surface area (TPSA) is 41.6 Å². The van der Waals surface area contributed by atoms with Gasteiger partial charge < -0.3 is 4.98 Å². The highest BCUT2D eigenvalue weighted by Gasteiger charge is 2.05. The van der Waals surface area contributed by atoms with Crippen LogP contribution in [0.4, 0.5) is 0 Å². The summed E-state index contributed by atoms with van der Waals surface area (Å²) in [6.07, 6.45) is 5.17. The predicted molar refractivity (Wildman–Crippen MR) is 78.2 cm³/mol. The molecule has 0 radical (unpaired) electrons. The number of H-pyrrole nitrogens is 1. The number of benzene rings is 1. The van der Waals surface area contributed by atoms with E-state index in [1.54, 1.807) is 11.3 Å². The molecule has 4 heteroatoms. The van der Waals surface area contributed by atoms with Crippen molar-refractivity contribution in [3.63, 3.8) is 0 Å². The van der Waals surface area contributed by atoms with E-state index in [0.29, 0.717) is 0 Å². The second kappa shape index (κ2) is 5.80. The van der Waals surface area contributed by atoms with Crippen molar-refractivity contribution in [1.82, 2.24) is 15.0 Å². The van der Waals surface area contributed by atoms with Gasteiger partial charge in [0.05, 0.1) is 5.51 Å². The Labute approximate surface area is 116 Å². The van der Waals surface area contributed by atoms with Gasteiger partial charge in [-0.05, 0) is 24.8 Å². The molecule has 0 atom stereocenters. The summed E-state index contributed by atoms with van der Waals surface area (Å²) < 4.78 is 0. The van der Waals surface area contributed by atoms with Crippen LogP contribution in [0.1, 0.15) is 17.7 Å². The molecular weight excluding hydrogens is 254 g/mol. The molecule has 0 amide bonds. The Kier molecular flexibility index (Phi) is 3.70. The van der Waals surface area contributed by atoms with Gasteiger partial charge in [-0.2, -0.15) is 0 Å². The van der Waals surface area contributed by atoms with Crippen LogP contribution in [0.15, 0.2) is 47.4 Å². The van der Waals surface area contributed by atoms with E-state index in [-0.39, 0.29) is 0 Å². The molecule has 96 valence electrons. The number of rotatable bonds is 5. The average molecular weight is 269 g/mol. The van der Waals surface area contributed by atoms with Crippen LogP contribution in [-0.4, -0.2) is 15.0 Å². The van der Waals surface area contributed by atoms with Crippen molar-refractivity contribution in [2.75, 3.05) is 0 Å². The zero-order chi connectivity index (χ0) is 12.9. The second-order valence-corrected chi connectivity index (χ2v) is 5.19. The van der Waals surface area contributed by atoms with Gasteiger partial charge in [-0.1, -0.05) is 30.3 Å². The first-order valence-electron chi connectivity index (χ1n) is 6.38. The summed E-state index contributed by atoms with van der Waals surface area (Å²) in [6, 6.07) is 10.6. The Morgan fingerprint density at radius 3 is 2.74 bits per heavy atom. The Morgan fingerprint density at radius 2 is 1.95 bits per heavy atom. The van der Waals surface area contributed by atoms with Gasteiger partial charge in [-0.3, -0.25) is 0 Å². The number of nitrogens with one attached hydrogen (secondary N) is 1. The Balaban J connectivity index is 1.56. The molecule has 0 aliphatic carbocycles. The molecule has 3 nitrogen and oxygen atoms in total. The van der Waals surface area contributed by atoms with Crippen LogP contribution >= 0.6 is 11.3 Å². The van der Waals surface area contributed by atoms with Crippen LogP contribution < -0.4 is 0 Å². The quantitative estimate of drug-likeness (QED) is 0.767. The summed E-state index contributed by atoms with van der Waals surface area (Å²) in [5.74, 6) is 0.871. The van der Waals surface area contributed by atoms with Crippen LogP contribution in [0, 0.1) is 0 Å². The van der Waals surface area contributed by atoms with Gasteiger partial charge in [0, 0.05) is 17.3 Å². The van der Waals surface area contributed by atoms with E-state index in [0.717, 1.165) is 30.8 Å². The molecule has 0 saturated carbocycles. The third kappa shape index (κ3) is 3.09. The summed E-state index contributed by atoms with van der Waals surface area (Å²) in [6.45, 7) is 0. The largest absolute Gasteiger partial charge is 0.341 e. The molecule has 0 unspecified atom stereocenters. The van der Waals surface area contributed by atoms with E-state index >= 15 is 0 Å². The SMILES string of the molecule is c1ccc(CCCc2cnc(-c3cscn3)[nH]2)cc1. The Hall–Kier alpha value is -1.94. The lowest BCUT2D eigenvalue weighted by molar-refractivity contribution is 0.804. The molecule has 19 heavy (non-hydrogen) atoms. The van der Waals surface area contributed by atoms with Crippen molar-refractivity contribution in [1.29, 1.82) is 0 Å². The van der Waals surface area contributed by atoms with Crippen molar-refractivity contribution < 1.29 is 0 Å². The highest BCUT2D eigenvalue weighted by atomic mass is 32.1. The number of hydrogen-bond donors (Lipinski definition) is 1.